The van der Waals surface area contributed by atoms with Gasteiger partial charge in [0.05, 0.1) is 0 Å². The highest BCUT2D eigenvalue weighted by molar-refractivity contribution is 6.03. The molecule has 104 valence electrons. The summed E-state index contributed by atoms with van der Waals surface area (Å²) in [6.07, 6.45) is 7.42. The third-order valence-corrected chi connectivity index (χ3v) is 4.33. The maximum atomic E-state index is 12.4. The van der Waals surface area contributed by atoms with Crippen molar-refractivity contribution in [3.8, 4) is 0 Å². The Morgan fingerprint density at radius 3 is 2.22 bits per heavy atom. The molecule has 1 N–H and O–H groups in total. The summed E-state index contributed by atoms with van der Waals surface area (Å²) < 4.78 is 0. The molecule has 1 saturated carbocycles. The summed E-state index contributed by atoms with van der Waals surface area (Å²) in [5.74, 6) is -0.834. The van der Waals surface area contributed by atoms with Crippen LogP contribution in [0.25, 0.3) is 0 Å². The van der Waals surface area contributed by atoms with E-state index in [1.54, 1.807) is 0 Å². The topological polar surface area (TPSA) is 54.4 Å². The molecule has 1 aliphatic carbocycles. The predicted octanol–water partition coefficient (Wildman–Crippen LogP) is 3.81. The van der Waals surface area contributed by atoms with Crippen molar-refractivity contribution in [1.82, 2.24) is 0 Å². The first-order chi connectivity index (χ1) is 8.59. The van der Waals surface area contributed by atoms with Gasteiger partial charge >= 0.3 is 5.97 Å². The van der Waals surface area contributed by atoms with Gasteiger partial charge in [0.1, 0.15) is 11.2 Å². The lowest BCUT2D eigenvalue weighted by Crippen LogP contribution is -2.45. The van der Waals surface area contributed by atoms with Gasteiger partial charge in [-0.2, -0.15) is 0 Å². The van der Waals surface area contributed by atoms with Gasteiger partial charge in [-0.25, -0.2) is 0 Å². The molecule has 0 aliphatic heterocycles. The number of carboxylic acids is 1. The van der Waals surface area contributed by atoms with E-state index >= 15 is 0 Å². The second-order valence-corrected chi connectivity index (χ2v) is 5.53. The van der Waals surface area contributed by atoms with E-state index in [1.165, 1.54) is 0 Å². The van der Waals surface area contributed by atoms with Gasteiger partial charge in [-0.3, -0.25) is 9.59 Å². The van der Waals surface area contributed by atoms with Crippen LogP contribution >= 0.6 is 0 Å². The predicted molar refractivity (Wildman–Crippen MR) is 71.5 cm³/mol. The first-order valence-electron chi connectivity index (χ1n) is 7.36. The van der Waals surface area contributed by atoms with Crippen molar-refractivity contribution in [2.75, 3.05) is 0 Å². The molecule has 0 radical (unpaired) electrons. The number of hydrogen-bond donors (Lipinski definition) is 1. The molecule has 0 bridgehead atoms. The van der Waals surface area contributed by atoms with Gasteiger partial charge in [0.25, 0.3) is 0 Å². The average molecular weight is 254 g/mol. The Bertz CT molecular complexity index is 292. The number of hydrogen-bond acceptors (Lipinski definition) is 2. The Balaban J connectivity index is 3.00. The Morgan fingerprint density at radius 2 is 1.78 bits per heavy atom. The third-order valence-electron chi connectivity index (χ3n) is 4.33. The summed E-state index contributed by atoms with van der Waals surface area (Å²) in [5, 5.41) is 9.69. The Hall–Kier alpha value is -0.860. The summed E-state index contributed by atoms with van der Waals surface area (Å²) in [5.41, 5.74) is -1.08. The highest BCUT2D eigenvalue weighted by Crippen LogP contribution is 2.45. The van der Waals surface area contributed by atoms with Crippen LogP contribution in [-0.4, -0.2) is 16.9 Å². The highest BCUT2D eigenvalue weighted by atomic mass is 16.4. The van der Waals surface area contributed by atoms with E-state index in [0.29, 0.717) is 12.8 Å². The zero-order valence-electron chi connectivity index (χ0n) is 11.7. The Kier molecular flexibility index (Phi) is 5.83. The summed E-state index contributed by atoms with van der Waals surface area (Å²) in [7, 11) is 0. The van der Waals surface area contributed by atoms with E-state index in [2.05, 4.69) is 0 Å². The third kappa shape index (κ3) is 2.93. The number of aliphatic carboxylic acids is 1. The quantitative estimate of drug-likeness (QED) is 0.670. The zero-order valence-corrected chi connectivity index (χ0v) is 11.7. The molecule has 0 aromatic rings. The van der Waals surface area contributed by atoms with Crippen molar-refractivity contribution in [2.45, 2.75) is 71.6 Å². The molecule has 0 aromatic heterocycles. The van der Waals surface area contributed by atoms with Crippen LogP contribution in [0.15, 0.2) is 0 Å². The minimum atomic E-state index is -1.08. The van der Waals surface area contributed by atoms with Crippen molar-refractivity contribution in [1.29, 1.82) is 0 Å². The van der Waals surface area contributed by atoms with Gasteiger partial charge in [-0.1, -0.05) is 39.5 Å². The van der Waals surface area contributed by atoms with Gasteiger partial charge in [0, 0.05) is 6.42 Å². The molecule has 1 unspecified atom stereocenters. The summed E-state index contributed by atoms with van der Waals surface area (Å²) in [6.45, 7) is 3.99. The molecule has 1 rings (SSSR count). The molecule has 1 atom stereocenters. The van der Waals surface area contributed by atoms with Crippen LogP contribution in [0.2, 0.25) is 0 Å². The summed E-state index contributed by atoms with van der Waals surface area (Å²) >= 11 is 0. The fourth-order valence-electron chi connectivity index (χ4n) is 3.30. The first-order valence-corrected chi connectivity index (χ1v) is 7.36. The fourth-order valence-corrected chi connectivity index (χ4v) is 3.30. The number of Topliss-reactive ketones (excluding diaryl/α,β-unsaturated/α-hetero) is 1. The van der Waals surface area contributed by atoms with E-state index < -0.39 is 11.4 Å². The molecule has 3 heteroatoms. The normalized spacial score (nSPS) is 19.7. The van der Waals surface area contributed by atoms with Crippen molar-refractivity contribution in [3.05, 3.63) is 0 Å². The molecule has 0 amide bonds. The summed E-state index contributed by atoms with van der Waals surface area (Å²) in [4.78, 5) is 24.2. The maximum absolute atomic E-state index is 12.4. The first kappa shape index (κ1) is 15.2. The second-order valence-electron chi connectivity index (χ2n) is 5.53. The van der Waals surface area contributed by atoms with E-state index in [-0.39, 0.29) is 11.7 Å². The van der Waals surface area contributed by atoms with Crippen LogP contribution in [0.5, 0.6) is 0 Å². The van der Waals surface area contributed by atoms with Crippen LogP contribution in [0.1, 0.15) is 71.6 Å². The number of carboxylic acid groups (broad SMARTS) is 1. The number of unbranched alkanes of at least 4 members (excludes halogenated alkanes) is 1. The molecule has 1 aliphatic rings. The molecule has 3 nitrogen and oxygen atoms in total. The lowest BCUT2D eigenvalue weighted by molar-refractivity contribution is -0.160. The van der Waals surface area contributed by atoms with Crippen LogP contribution in [0.3, 0.4) is 0 Å². The van der Waals surface area contributed by atoms with Gasteiger partial charge in [-0.05, 0) is 31.6 Å². The fraction of sp³-hybridized carbons (Fsp3) is 0.867. The van der Waals surface area contributed by atoms with Gasteiger partial charge < -0.3 is 5.11 Å². The molecule has 0 spiro atoms. The largest absolute Gasteiger partial charge is 0.480 e. The van der Waals surface area contributed by atoms with Crippen LogP contribution in [0.4, 0.5) is 0 Å². The molecule has 0 saturated heterocycles. The number of carbonyl (C=O) groups excluding carboxylic acids is 1. The minimum Gasteiger partial charge on any atom is -0.480 e. The van der Waals surface area contributed by atoms with Crippen molar-refractivity contribution in [2.24, 2.45) is 11.3 Å². The lowest BCUT2D eigenvalue weighted by Gasteiger charge is -2.34. The SMILES string of the molecule is CCCCC(C(=O)O)(C(=O)CCC)C1CCCC1. The van der Waals surface area contributed by atoms with Gasteiger partial charge in [0.2, 0.25) is 0 Å². The standard InChI is InChI=1S/C15H26O3/c1-3-5-11-15(14(17)18,13(16)8-4-2)12-9-6-7-10-12/h12H,3-11H2,1-2H3,(H,17,18). The monoisotopic (exact) mass is 254 g/mol. The average Bonchev–Trinajstić information content (AvgIpc) is 2.84. The number of rotatable bonds is 8. The molecule has 18 heavy (non-hydrogen) atoms. The van der Waals surface area contributed by atoms with Gasteiger partial charge in [0.15, 0.2) is 0 Å². The van der Waals surface area contributed by atoms with Crippen molar-refractivity contribution < 1.29 is 14.7 Å². The number of carbonyl (C=O) groups is 2. The molecule has 1 fully saturated rings. The van der Waals surface area contributed by atoms with Crippen LogP contribution in [-0.2, 0) is 9.59 Å². The Morgan fingerprint density at radius 1 is 1.17 bits per heavy atom. The van der Waals surface area contributed by atoms with E-state index in [4.69, 9.17) is 0 Å². The van der Waals surface area contributed by atoms with E-state index in [1.807, 2.05) is 13.8 Å². The van der Waals surface area contributed by atoms with Crippen LogP contribution in [0, 0.1) is 11.3 Å². The molecule has 0 heterocycles. The maximum Gasteiger partial charge on any atom is 0.317 e. The van der Waals surface area contributed by atoms with E-state index in [0.717, 1.165) is 44.9 Å². The van der Waals surface area contributed by atoms with Crippen molar-refractivity contribution in [3.63, 3.8) is 0 Å². The van der Waals surface area contributed by atoms with E-state index in [9.17, 15) is 14.7 Å². The number of ketones is 1. The zero-order chi connectivity index (χ0) is 13.6. The second kappa shape index (κ2) is 6.91. The highest BCUT2D eigenvalue weighted by Gasteiger charge is 2.51. The molecular formula is C15H26O3. The van der Waals surface area contributed by atoms with Crippen molar-refractivity contribution >= 4 is 11.8 Å². The Labute approximate surface area is 110 Å². The summed E-state index contributed by atoms with van der Waals surface area (Å²) in [6, 6.07) is 0. The molecular weight excluding hydrogens is 228 g/mol. The lowest BCUT2D eigenvalue weighted by atomic mass is 9.67. The smallest absolute Gasteiger partial charge is 0.317 e. The van der Waals surface area contributed by atoms with Gasteiger partial charge in [-0.15, -0.1) is 0 Å². The molecule has 0 aromatic carbocycles. The minimum absolute atomic E-state index is 0.0298. The van der Waals surface area contributed by atoms with Crippen LogP contribution < -0.4 is 0 Å².